The predicted octanol–water partition coefficient (Wildman–Crippen LogP) is 1.62. The Bertz CT molecular complexity index is 418. The molecule has 2 amide bonds. The van der Waals surface area contributed by atoms with Crippen molar-refractivity contribution < 1.29 is 14.7 Å². The van der Waals surface area contributed by atoms with Crippen molar-refractivity contribution in [1.29, 1.82) is 5.26 Å². The van der Waals surface area contributed by atoms with Crippen molar-refractivity contribution in [3.63, 3.8) is 0 Å². The summed E-state index contributed by atoms with van der Waals surface area (Å²) in [6.07, 6.45) is 5.19. The van der Waals surface area contributed by atoms with Crippen molar-refractivity contribution in [3.8, 4) is 6.07 Å². The number of nitrogens with zero attached hydrogens (tertiary/aromatic N) is 1. The molecule has 0 aromatic carbocycles. The maximum atomic E-state index is 11.8. The van der Waals surface area contributed by atoms with Crippen LogP contribution in [0, 0.1) is 22.7 Å². The highest BCUT2D eigenvalue weighted by Crippen LogP contribution is 2.47. The molecule has 2 aliphatic carbocycles. The van der Waals surface area contributed by atoms with E-state index in [1.807, 2.05) is 0 Å². The van der Waals surface area contributed by atoms with Gasteiger partial charge in [-0.1, -0.05) is 0 Å². The predicted molar refractivity (Wildman–Crippen MR) is 71.8 cm³/mol. The van der Waals surface area contributed by atoms with Gasteiger partial charge < -0.3 is 15.7 Å². The summed E-state index contributed by atoms with van der Waals surface area (Å²) in [6.45, 7) is 0.552. The number of nitriles is 1. The van der Waals surface area contributed by atoms with Crippen molar-refractivity contribution >= 4 is 12.0 Å². The second kappa shape index (κ2) is 6.12. The van der Waals surface area contributed by atoms with Crippen LogP contribution in [0.4, 0.5) is 4.79 Å². The fraction of sp³-hybridized carbons (Fsp3) is 0.786. The van der Waals surface area contributed by atoms with Crippen LogP contribution in [0.5, 0.6) is 0 Å². The molecular formula is C14H21N3O3. The van der Waals surface area contributed by atoms with E-state index in [-0.39, 0.29) is 23.4 Å². The smallest absolute Gasteiger partial charge is 0.315 e. The van der Waals surface area contributed by atoms with Crippen LogP contribution in [0.1, 0.15) is 44.9 Å². The molecule has 6 heteroatoms. The molecule has 6 nitrogen and oxygen atoms in total. The number of hydrogen-bond donors (Lipinski definition) is 3. The van der Waals surface area contributed by atoms with Gasteiger partial charge in [-0.05, 0) is 38.5 Å². The van der Waals surface area contributed by atoms with Crippen LogP contribution < -0.4 is 10.6 Å². The van der Waals surface area contributed by atoms with E-state index >= 15 is 0 Å². The number of urea groups is 1. The van der Waals surface area contributed by atoms with Gasteiger partial charge in [-0.15, -0.1) is 0 Å². The fourth-order valence-corrected chi connectivity index (χ4v) is 2.75. The van der Waals surface area contributed by atoms with Gasteiger partial charge in [0, 0.05) is 24.4 Å². The summed E-state index contributed by atoms with van der Waals surface area (Å²) < 4.78 is 0. The molecule has 2 rings (SSSR count). The minimum atomic E-state index is -0.736. The zero-order valence-electron chi connectivity index (χ0n) is 11.5. The Morgan fingerprint density at radius 1 is 1.25 bits per heavy atom. The highest BCUT2D eigenvalue weighted by molar-refractivity contribution is 5.74. The molecule has 0 aromatic heterocycles. The third-order valence-electron chi connectivity index (χ3n) is 4.45. The summed E-state index contributed by atoms with van der Waals surface area (Å²) in [5, 5.41) is 23.4. The molecule has 20 heavy (non-hydrogen) atoms. The van der Waals surface area contributed by atoms with E-state index in [2.05, 4.69) is 16.7 Å². The fourth-order valence-electron chi connectivity index (χ4n) is 2.75. The summed E-state index contributed by atoms with van der Waals surface area (Å²) in [5.74, 6) is -0.999. The Labute approximate surface area is 118 Å². The summed E-state index contributed by atoms with van der Waals surface area (Å²) in [7, 11) is 0. The Morgan fingerprint density at radius 2 is 1.90 bits per heavy atom. The molecule has 0 radical (unpaired) electrons. The van der Waals surface area contributed by atoms with Crippen molar-refractivity contribution in [2.75, 3.05) is 6.54 Å². The van der Waals surface area contributed by atoms with Gasteiger partial charge in [0.15, 0.2) is 0 Å². The van der Waals surface area contributed by atoms with E-state index in [1.54, 1.807) is 0 Å². The Balaban J connectivity index is 1.66. The van der Waals surface area contributed by atoms with Crippen LogP contribution in [0.2, 0.25) is 0 Å². The van der Waals surface area contributed by atoms with Gasteiger partial charge >= 0.3 is 12.0 Å². The molecule has 0 saturated heterocycles. The number of carboxylic acid groups (broad SMARTS) is 1. The Morgan fingerprint density at radius 3 is 2.40 bits per heavy atom. The number of carbonyl (C=O) groups is 2. The van der Waals surface area contributed by atoms with E-state index < -0.39 is 5.97 Å². The Hall–Kier alpha value is -1.77. The number of carbonyl (C=O) groups excluding carboxylic acids is 1. The Kier molecular flexibility index (Phi) is 4.48. The summed E-state index contributed by atoms with van der Waals surface area (Å²) >= 11 is 0. The van der Waals surface area contributed by atoms with E-state index in [1.165, 1.54) is 0 Å². The maximum Gasteiger partial charge on any atom is 0.315 e. The highest BCUT2D eigenvalue weighted by Gasteiger charge is 2.42. The topological polar surface area (TPSA) is 102 Å². The molecule has 0 heterocycles. The number of hydrogen-bond acceptors (Lipinski definition) is 3. The first-order valence-corrected chi connectivity index (χ1v) is 7.19. The van der Waals surface area contributed by atoms with E-state index in [0.717, 1.165) is 12.8 Å². The molecule has 0 aromatic rings. The third kappa shape index (κ3) is 3.86. The summed E-state index contributed by atoms with van der Waals surface area (Å²) in [5.41, 5.74) is 0.00700. The zero-order valence-corrected chi connectivity index (χ0v) is 11.5. The molecule has 3 N–H and O–H groups in total. The van der Waals surface area contributed by atoms with Gasteiger partial charge in [0.05, 0.1) is 12.0 Å². The zero-order chi connectivity index (χ0) is 14.6. The van der Waals surface area contributed by atoms with Gasteiger partial charge in [-0.25, -0.2) is 4.79 Å². The van der Waals surface area contributed by atoms with Crippen molar-refractivity contribution in [3.05, 3.63) is 0 Å². The number of carboxylic acids is 1. The molecule has 0 atom stereocenters. The SMILES string of the molecule is N#CCC1(CNC(=O)NC2CCC(C(=O)O)CC2)CC1. The van der Waals surface area contributed by atoms with Crippen LogP contribution in [-0.4, -0.2) is 29.7 Å². The van der Waals surface area contributed by atoms with Gasteiger partial charge in [-0.2, -0.15) is 5.26 Å². The summed E-state index contributed by atoms with van der Waals surface area (Å²) in [4.78, 5) is 22.6. The van der Waals surface area contributed by atoms with Crippen LogP contribution >= 0.6 is 0 Å². The minimum absolute atomic E-state index is 0.00700. The first-order chi connectivity index (χ1) is 9.54. The van der Waals surface area contributed by atoms with E-state index in [4.69, 9.17) is 10.4 Å². The first-order valence-electron chi connectivity index (χ1n) is 7.19. The van der Waals surface area contributed by atoms with Crippen LogP contribution in [0.15, 0.2) is 0 Å². The monoisotopic (exact) mass is 279 g/mol. The second-order valence-electron chi connectivity index (χ2n) is 6.05. The lowest BCUT2D eigenvalue weighted by Crippen LogP contribution is -2.45. The standard InChI is InChI=1S/C14H21N3O3/c15-8-7-14(5-6-14)9-16-13(20)17-11-3-1-10(2-4-11)12(18)19/h10-11H,1-7,9H2,(H,18,19)(H2,16,17,20). The van der Waals surface area contributed by atoms with Crippen molar-refractivity contribution in [1.82, 2.24) is 10.6 Å². The number of rotatable bonds is 5. The molecule has 2 fully saturated rings. The quantitative estimate of drug-likeness (QED) is 0.711. The molecule has 0 bridgehead atoms. The van der Waals surface area contributed by atoms with Gasteiger partial charge in [0.1, 0.15) is 0 Å². The van der Waals surface area contributed by atoms with Crippen LogP contribution in [0.25, 0.3) is 0 Å². The second-order valence-corrected chi connectivity index (χ2v) is 6.05. The lowest BCUT2D eigenvalue weighted by atomic mass is 9.86. The molecule has 0 unspecified atom stereocenters. The molecule has 110 valence electrons. The highest BCUT2D eigenvalue weighted by atomic mass is 16.4. The number of amides is 2. The van der Waals surface area contributed by atoms with E-state index in [9.17, 15) is 9.59 Å². The van der Waals surface area contributed by atoms with Crippen LogP contribution in [-0.2, 0) is 4.79 Å². The molecule has 0 aliphatic heterocycles. The largest absolute Gasteiger partial charge is 0.481 e. The molecule has 0 spiro atoms. The average Bonchev–Trinajstić information content (AvgIpc) is 3.18. The van der Waals surface area contributed by atoms with Gasteiger partial charge in [0.25, 0.3) is 0 Å². The average molecular weight is 279 g/mol. The van der Waals surface area contributed by atoms with Crippen LogP contribution in [0.3, 0.4) is 0 Å². The minimum Gasteiger partial charge on any atom is -0.481 e. The first kappa shape index (κ1) is 14.6. The summed E-state index contributed by atoms with van der Waals surface area (Å²) in [6, 6.07) is 2.03. The van der Waals surface area contributed by atoms with Crippen molar-refractivity contribution in [2.45, 2.75) is 51.0 Å². The van der Waals surface area contributed by atoms with E-state index in [0.29, 0.717) is 38.6 Å². The van der Waals surface area contributed by atoms with Gasteiger partial charge in [-0.3, -0.25) is 4.79 Å². The molecule has 2 aliphatic rings. The lowest BCUT2D eigenvalue weighted by Gasteiger charge is -2.27. The molecule has 2 saturated carbocycles. The third-order valence-corrected chi connectivity index (χ3v) is 4.45. The van der Waals surface area contributed by atoms with Crippen molar-refractivity contribution in [2.24, 2.45) is 11.3 Å². The van der Waals surface area contributed by atoms with Gasteiger partial charge in [0.2, 0.25) is 0 Å². The number of nitrogens with one attached hydrogen (secondary N) is 2. The maximum absolute atomic E-state index is 11.8. The number of aliphatic carboxylic acids is 1. The molecular weight excluding hydrogens is 258 g/mol. The normalized spacial score (nSPS) is 27.1. The lowest BCUT2D eigenvalue weighted by molar-refractivity contribution is -0.142.